The number of hydrogen-bond acceptors (Lipinski definition) is 3. The molecule has 1 heterocycles. The van der Waals surface area contributed by atoms with Crippen LogP contribution in [-0.2, 0) is 7.05 Å². The van der Waals surface area contributed by atoms with Crippen LogP contribution < -0.4 is 5.32 Å². The molecule has 0 saturated carbocycles. The highest BCUT2D eigenvalue weighted by Gasteiger charge is 2.23. The molecular formula is C19H19FN4O. The third kappa shape index (κ3) is 3.42. The van der Waals surface area contributed by atoms with Crippen molar-refractivity contribution in [3.63, 3.8) is 0 Å². The van der Waals surface area contributed by atoms with Gasteiger partial charge in [0.1, 0.15) is 17.7 Å². The van der Waals surface area contributed by atoms with Crippen molar-refractivity contribution in [3.05, 3.63) is 82.7 Å². The first-order valence-corrected chi connectivity index (χ1v) is 7.95. The molecule has 0 spiro atoms. The molecule has 25 heavy (non-hydrogen) atoms. The zero-order valence-corrected chi connectivity index (χ0v) is 14.3. The maximum absolute atomic E-state index is 13.5. The molecule has 6 heteroatoms. The fourth-order valence-electron chi connectivity index (χ4n) is 2.62. The monoisotopic (exact) mass is 338 g/mol. The van der Waals surface area contributed by atoms with Crippen LogP contribution in [0.5, 0.6) is 0 Å². The van der Waals surface area contributed by atoms with Gasteiger partial charge in [-0.2, -0.15) is 0 Å². The van der Waals surface area contributed by atoms with E-state index in [1.807, 2.05) is 48.9 Å². The molecule has 0 aliphatic carbocycles. The number of rotatable bonds is 4. The molecule has 0 fully saturated rings. The van der Waals surface area contributed by atoms with E-state index in [0.717, 1.165) is 11.4 Å². The highest BCUT2D eigenvalue weighted by atomic mass is 19.1. The number of carbonyl (C=O) groups excluding carboxylic acids is 1. The van der Waals surface area contributed by atoms with Crippen LogP contribution in [0.1, 0.15) is 39.2 Å². The van der Waals surface area contributed by atoms with Crippen molar-refractivity contribution in [1.29, 1.82) is 0 Å². The molecule has 0 radical (unpaired) electrons. The molecule has 128 valence electrons. The van der Waals surface area contributed by atoms with Gasteiger partial charge in [-0.3, -0.25) is 4.79 Å². The van der Waals surface area contributed by atoms with Crippen LogP contribution in [0.15, 0.2) is 48.5 Å². The Labute approximate surface area is 145 Å². The summed E-state index contributed by atoms with van der Waals surface area (Å²) in [6, 6.07) is 13.4. The molecule has 1 atom stereocenters. The van der Waals surface area contributed by atoms with Crippen molar-refractivity contribution in [2.24, 2.45) is 7.05 Å². The van der Waals surface area contributed by atoms with Crippen molar-refractivity contribution in [2.75, 3.05) is 0 Å². The minimum absolute atomic E-state index is 0.294. The van der Waals surface area contributed by atoms with E-state index in [9.17, 15) is 9.18 Å². The number of aryl methyl sites for hydroxylation is 2. The summed E-state index contributed by atoms with van der Waals surface area (Å²) in [5, 5.41) is 11.3. The molecular weight excluding hydrogens is 319 g/mol. The number of aromatic nitrogens is 3. The van der Waals surface area contributed by atoms with Gasteiger partial charge >= 0.3 is 0 Å². The molecule has 3 aromatic rings. The number of benzene rings is 2. The Morgan fingerprint density at radius 1 is 1.12 bits per heavy atom. The van der Waals surface area contributed by atoms with E-state index >= 15 is 0 Å². The lowest BCUT2D eigenvalue weighted by molar-refractivity contribution is 0.0941. The Kier molecular flexibility index (Phi) is 4.61. The van der Waals surface area contributed by atoms with Crippen LogP contribution in [0.25, 0.3) is 0 Å². The minimum atomic E-state index is -0.453. The maximum atomic E-state index is 13.5. The Morgan fingerprint density at radius 3 is 2.44 bits per heavy atom. The highest BCUT2D eigenvalue weighted by Crippen LogP contribution is 2.21. The molecule has 0 aliphatic rings. The highest BCUT2D eigenvalue weighted by molar-refractivity contribution is 5.94. The number of hydrogen-bond donors (Lipinski definition) is 1. The van der Waals surface area contributed by atoms with Crippen LogP contribution in [0.4, 0.5) is 4.39 Å². The van der Waals surface area contributed by atoms with Gasteiger partial charge in [-0.1, -0.05) is 30.3 Å². The maximum Gasteiger partial charge on any atom is 0.252 e. The van der Waals surface area contributed by atoms with Gasteiger partial charge in [-0.25, -0.2) is 4.39 Å². The summed E-state index contributed by atoms with van der Waals surface area (Å²) in [5.74, 6) is 0.761. The average Bonchev–Trinajstić information content (AvgIpc) is 2.95. The van der Waals surface area contributed by atoms with Gasteiger partial charge in [-0.15, -0.1) is 10.2 Å². The fourth-order valence-corrected chi connectivity index (χ4v) is 2.62. The summed E-state index contributed by atoms with van der Waals surface area (Å²) >= 11 is 0. The van der Waals surface area contributed by atoms with Crippen molar-refractivity contribution >= 4 is 5.91 Å². The summed E-state index contributed by atoms with van der Waals surface area (Å²) in [5.41, 5.74) is 1.72. The molecule has 0 unspecified atom stereocenters. The number of nitrogens with zero attached hydrogens (tertiary/aromatic N) is 3. The summed E-state index contributed by atoms with van der Waals surface area (Å²) in [6.07, 6.45) is 0. The Morgan fingerprint density at radius 2 is 1.84 bits per heavy atom. The molecule has 0 saturated heterocycles. The van der Waals surface area contributed by atoms with Gasteiger partial charge in [0.05, 0.1) is 0 Å². The van der Waals surface area contributed by atoms with E-state index in [4.69, 9.17) is 0 Å². The lowest BCUT2D eigenvalue weighted by atomic mass is 10.0. The Bertz CT molecular complexity index is 905. The molecule has 1 aromatic heterocycles. The second-order valence-corrected chi connectivity index (χ2v) is 5.95. The largest absolute Gasteiger partial charge is 0.338 e. The van der Waals surface area contributed by atoms with Gasteiger partial charge in [0, 0.05) is 12.6 Å². The van der Waals surface area contributed by atoms with Crippen molar-refractivity contribution < 1.29 is 9.18 Å². The van der Waals surface area contributed by atoms with E-state index < -0.39 is 6.04 Å². The second-order valence-electron chi connectivity index (χ2n) is 5.95. The molecule has 3 rings (SSSR count). The third-order valence-electron chi connectivity index (χ3n) is 4.21. The van der Waals surface area contributed by atoms with Gasteiger partial charge in [0.25, 0.3) is 5.91 Å². The van der Waals surface area contributed by atoms with Crippen molar-refractivity contribution in [3.8, 4) is 0 Å². The van der Waals surface area contributed by atoms with E-state index in [-0.39, 0.29) is 11.7 Å². The predicted octanol–water partition coefficient (Wildman–Crippen LogP) is 3.09. The van der Waals surface area contributed by atoms with Gasteiger partial charge in [0.2, 0.25) is 0 Å². The standard InChI is InChI=1S/C19H19FN4O/c1-12-11-15(9-10-16(12)20)19(25)21-17(14-7-5-4-6-8-14)18-23-22-13(2)24(18)3/h4-11,17H,1-3H3,(H,21,25)/t17-/m0/s1. The van der Waals surface area contributed by atoms with Crippen molar-refractivity contribution in [1.82, 2.24) is 20.1 Å². The molecule has 1 N–H and O–H groups in total. The van der Waals surface area contributed by atoms with Gasteiger partial charge in [-0.05, 0) is 43.2 Å². The zero-order valence-electron chi connectivity index (χ0n) is 14.3. The van der Waals surface area contributed by atoms with Crippen LogP contribution in [0.3, 0.4) is 0 Å². The van der Waals surface area contributed by atoms with E-state index in [1.54, 1.807) is 6.92 Å². The minimum Gasteiger partial charge on any atom is -0.338 e. The zero-order chi connectivity index (χ0) is 18.0. The predicted molar refractivity (Wildman–Crippen MR) is 92.6 cm³/mol. The fraction of sp³-hybridized carbons (Fsp3) is 0.211. The summed E-state index contributed by atoms with van der Waals surface area (Å²) < 4.78 is 15.3. The molecule has 0 aliphatic heterocycles. The molecule has 0 bridgehead atoms. The quantitative estimate of drug-likeness (QED) is 0.795. The molecule has 1 amide bonds. The first-order chi connectivity index (χ1) is 12.0. The summed E-state index contributed by atoms with van der Waals surface area (Å²) in [4.78, 5) is 12.7. The number of amides is 1. The van der Waals surface area contributed by atoms with Crippen LogP contribution in [-0.4, -0.2) is 20.7 Å². The van der Waals surface area contributed by atoms with Crippen LogP contribution >= 0.6 is 0 Å². The van der Waals surface area contributed by atoms with Crippen LogP contribution in [0.2, 0.25) is 0 Å². The lowest BCUT2D eigenvalue weighted by Crippen LogP contribution is -2.31. The number of carbonyl (C=O) groups is 1. The SMILES string of the molecule is Cc1cc(C(=O)N[C@@H](c2ccccc2)c2nnc(C)n2C)ccc1F. The summed E-state index contributed by atoms with van der Waals surface area (Å²) in [7, 11) is 1.86. The lowest BCUT2D eigenvalue weighted by Gasteiger charge is -2.19. The van der Waals surface area contributed by atoms with Crippen LogP contribution in [0, 0.1) is 19.7 Å². The van der Waals surface area contributed by atoms with E-state index in [0.29, 0.717) is 17.0 Å². The number of nitrogens with one attached hydrogen (secondary N) is 1. The average molecular weight is 338 g/mol. The van der Waals surface area contributed by atoms with E-state index in [1.165, 1.54) is 18.2 Å². The van der Waals surface area contributed by atoms with Gasteiger partial charge in [0.15, 0.2) is 5.82 Å². The van der Waals surface area contributed by atoms with E-state index in [2.05, 4.69) is 15.5 Å². The Hall–Kier alpha value is -3.02. The first-order valence-electron chi connectivity index (χ1n) is 7.95. The first kappa shape index (κ1) is 16.8. The third-order valence-corrected chi connectivity index (χ3v) is 4.21. The van der Waals surface area contributed by atoms with Gasteiger partial charge < -0.3 is 9.88 Å². The Balaban J connectivity index is 1.96. The topological polar surface area (TPSA) is 59.8 Å². The molecule has 2 aromatic carbocycles. The smallest absolute Gasteiger partial charge is 0.252 e. The normalized spacial score (nSPS) is 12.0. The summed E-state index contributed by atoms with van der Waals surface area (Å²) in [6.45, 7) is 3.48. The molecule has 5 nitrogen and oxygen atoms in total. The number of halogens is 1. The van der Waals surface area contributed by atoms with Crippen molar-refractivity contribution in [2.45, 2.75) is 19.9 Å². The second kappa shape index (κ2) is 6.84.